The van der Waals surface area contributed by atoms with Crippen molar-refractivity contribution in [3.05, 3.63) is 40.9 Å². The predicted octanol–water partition coefficient (Wildman–Crippen LogP) is 4.56. The van der Waals surface area contributed by atoms with E-state index in [0.29, 0.717) is 19.5 Å². The molecule has 0 bridgehead atoms. The van der Waals surface area contributed by atoms with Gasteiger partial charge in [0, 0.05) is 31.1 Å². The van der Waals surface area contributed by atoms with Crippen molar-refractivity contribution in [1.82, 2.24) is 9.80 Å². The summed E-state index contributed by atoms with van der Waals surface area (Å²) in [4.78, 5) is 29.4. The monoisotopic (exact) mass is 387 g/mol. The highest BCUT2D eigenvalue weighted by Gasteiger charge is 2.46. The maximum absolute atomic E-state index is 13.1. The van der Waals surface area contributed by atoms with Crippen LogP contribution in [0.3, 0.4) is 0 Å². The molecule has 0 aliphatic carbocycles. The van der Waals surface area contributed by atoms with Crippen molar-refractivity contribution in [2.24, 2.45) is 17.0 Å². The van der Waals surface area contributed by atoms with Gasteiger partial charge in [0.1, 0.15) is 5.54 Å². The van der Waals surface area contributed by atoms with E-state index < -0.39 is 5.54 Å². The lowest BCUT2D eigenvalue weighted by atomic mass is 9.73. The van der Waals surface area contributed by atoms with Gasteiger partial charge in [-0.05, 0) is 59.6 Å². The van der Waals surface area contributed by atoms with E-state index in [-0.39, 0.29) is 23.3 Å². The molecule has 2 unspecified atom stereocenters. The predicted molar refractivity (Wildman–Crippen MR) is 116 cm³/mol. The van der Waals surface area contributed by atoms with E-state index in [9.17, 15) is 9.70 Å². The number of carbonyl (C=O) groups is 1. The summed E-state index contributed by atoms with van der Waals surface area (Å²) in [5, 5.41) is 3.61. The SMILES string of the molecule is C\C=C/C=C\C(=C/C)[C@@]1(N=O)CCN(C(=O)C2CCN(C(C)(C)C)C2)CC1C. The first kappa shape index (κ1) is 22.5. The molecule has 2 aliphatic rings. The largest absolute Gasteiger partial charge is 0.342 e. The summed E-state index contributed by atoms with van der Waals surface area (Å²) in [5.74, 6) is 0.299. The molecule has 2 rings (SSSR count). The van der Waals surface area contributed by atoms with Crippen molar-refractivity contribution in [2.75, 3.05) is 26.2 Å². The fraction of sp³-hybridized carbons (Fsp3) is 0.696. The molecular weight excluding hydrogens is 350 g/mol. The van der Waals surface area contributed by atoms with E-state index in [2.05, 4.69) is 30.8 Å². The molecule has 0 saturated carbocycles. The molecule has 0 aromatic heterocycles. The fourth-order valence-corrected chi connectivity index (χ4v) is 4.53. The topological polar surface area (TPSA) is 53.0 Å². The summed E-state index contributed by atoms with van der Waals surface area (Å²) in [7, 11) is 0. The Morgan fingerprint density at radius 1 is 1.14 bits per heavy atom. The Kier molecular flexibility index (Phi) is 7.38. The summed E-state index contributed by atoms with van der Waals surface area (Å²) in [6.45, 7) is 15.5. The van der Waals surface area contributed by atoms with Gasteiger partial charge in [0.15, 0.2) is 0 Å². The maximum Gasteiger partial charge on any atom is 0.227 e. The van der Waals surface area contributed by atoms with Gasteiger partial charge in [-0.1, -0.05) is 42.5 Å². The van der Waals surface area contributed by atoms with Crippen LogP contribution in [-0.4, -0.2) is 53.0 Å². The maximum atomic E-state index is 13.1. The Bertz CT molecular complexity index is 659. The lowest BCUT2D eigenvalue weighted by Crippen LogP contribution is -2.53. The van der Waals surface area contributed by atoms with Gasteiger partial charge in [-0.25, -0.2) is 0 Å². The molecule has 0 aromatic carbocycles. The zero-order valence-electron chi connectivity index (χ0n) is 18.4. The highest BCUT2D eigenvalue weighted by molar-refractivity contribution is 5.79. The van der Waals surface area contributed by atoms with E-state index in [4.69, 9.17) is 0 Å². The molecule has 156 valence electrons. The summed E-state index contributed by atoms with van der Waals surface area (Å²) in [5.41, 5.74) is 0.289. The minimum atomic E-state index is -0.753. The normalized spacial score (nSPS) is 30.5. The second-order valence-electron chi connectivity index (χ2n) is 9.18. The third-order valence-electron chi connectivity index (χ3n) is 6.42. The first-order valence-electron chi connectivity index (χ1n) is 10.5. The van der Waals surface area contributed by atoms with Gasteiger partial charge in [-0.15, -0.1) is 4.91 Å². The Morgan fingerprint density at radius 3 is 2.36 bits per heavy atom. The van der Waals surface area contributed by atoms with Crippen LogP contribution in [0.15, 0.2) is 41.1 Å². The second kappa shape index (κ2) is 9.17. The van der Waals surface area contributed by atoms with Crippen LogP contribution >= 0.6 is 0 Å². The standard InChI is InChI=1S/C23H37N3O2/c1-7-9-10-11-20(8-2)23(24-28)13-15-25(16-18(23)3)21(27)19-12-14-26(17-19)22(4,5)6/h7-11,18-19H,12-17H2,1-6H3/b9-7-,11-10-,20-8+/t18?,19?,23-/m1/s1. The zero-order valence-corrected chi connectivity index (χ0v) is 18.4. The van der Waals surface area contributed by atoms with E-state index >= 15 is 0 Å². The number of amides is 1. The Balaban J connectivity index is 2.09. The van der Waals surface area contributed by atoms with Crippen molar-refractivity contribution in [3.63, 3.8) is 0 Å². The molecule has 28 heavy (non-hydrogen) atoms. The molecule has 0 N–H and O–H groups in total. The number of allylic oxidation sites excluding steroid dienone is 4. The fourth-order valence-electron chi connectivity index (χ4n) is 4.53. The van der Waals surface area contributed by atoms with Gasteiger partial charge in [-0.2, -0.15) is 0 Å². The molecular formula is C23H37N3O2. The van der Waals surface area contributed by atoms with Crippen LogP contribution in [0.1, 0.15) is 54.4 Å². The lowest BCUT2D eigenvalue weighted by Gasteiger charge is -2.43. The van der Waals surface area contributed by atoms with Crippen LogP contribution in [0.5, 0.6) is 0 Å². The Labute approximate surface area is 170 Å². The van der Waals surface area contributed by atoms with Crippen LogP contribution < -0.4 is 0 Å². The number of nitrogens with zero attached hydrogens (tertiary/aromatic N) is 3. The highest BCUT2D eigenvalue weighted by Crippen LogP contribution is 2.39. The van der Waals surface area contributed by atoms with E-state index in [1.54, 1.807) is 0 Å². The minimum absolute atomic E-state index is 0.00993. The van der Waals surface area contributed by atoms with Crippen molar-refractivity contribution in [1.29, 1.82) is 0 Å². The van der Waals surface area contributed by atoms with Crippen molar-refractivity contribution in [3.8, 4) is 0 Å². The quantitative estimate of drug-likeness (QED) is 0.513. The van der Waals surface area contributed by atoms with Crippen LogP contribution in [0.4, 0.5) is 0 Å². The van der Waals surface area contributed by atoms with Crippen molar-refractivity contribution < 1.29 is 4.79 Å². The molecule has 2 heterocycles. The van der Waals surface area contributed by atoms with Gasteiger partial charge >= 0.3 is 0 Å². The molecule has 0 spiro atoms. The number of nitroso groups, excluding NO2 is 1. The van der Waals surface area contributed by atoms with Crippen molar-refractivity contribution >= 4 is 5.91 Å². The number of likely N-dealkylation sites (tertiary alicyclic amines) is 2. The number of hydrogen-bond acceptors (Lipinski definition) is 4. The molecule has 5 heteroatoms. The Morgan fingerprint density at radius 2 is 1.86 bits per heavy atom. The smallest absolute Gasteiger partial charge is 0.227 e. The zero-order chi connectivity index (χ0) is 20.9. The summed E-state index contributed by atoms with van der Waals surface area (Å²) in [6, 6.07) is 0. The van der Waals surface area contributed by atoms with Crippen LogP contribution in [0.2, 0.25) is 0 Å². The number of hydrogen-bond donors (Lipinski definition) is 0. The second-order valence-corrected chi connectivity index (χ2v) is 9.18. The van der Waals surface area contributed by atoms with E-state index in [1.165, 1.54) is 0 Å². The van der Waals surface area contributed by atoms with E-state index in [1.807, 2.05) is 56.1 Å². The molecule has 0 aromatic rings. The van der Waals surface area contributed by atoms with Crippen LogP contribution in [0, 0.1) is 16.7 Å². The van der Waals surface area contributed by atoms with Crippen molar-refractivity contribution in [2.45, 2.75) is 65.5 Å². The molecule has 3 atom stereocenters. The third kappa shape index (κ3) is 4.62. The molecule has 5 nitrogen and oxygen atoms in total. The summed E-state index contributed by atoms with van der Waals surface area (Å²) >= 11 is 0. The highest BCUT2D eigenvalue weighted by atomic mass is 16.3. The van der Waals surface area contributed by atoms with Crippen LogP contribution in [-0.2, 0) is 4.79 Å². The molecule has 2 fully saturated rings. The van der Waals surface area contributed by atoms with E-state index in [0.717, 1.165) is 25.1 Å². The van der Waals surface area contributed by atoms with Gasteiger partial charge in [0.05, 0.1) is 5.92 Å². The lowest BCUT2D eigenvalue weighted by molar-refractivity contribution is -0.137. The Hall–Kier alpha value is -1.75. The number of carbonyl (C=O) groups excluding carboxylic acids is 1. The van der Waals surface area contributed by atoms with Gasteiger partial charge in [-0.3, -0.25) is 9.69 Å². The van der Waals surface area contributed by atoms with Gasteiger partial charge in [0.25, 0.3) is 0 Å². The number of rotatable bonds is 5. The molecule has 2 aliphatic heterocycles. The average Bonchev–Trinajstić information content (AvgIpc) is 3.16. The molecule has 1 amide bonds. The number of piperidine rings is 1. The molecule has 2 saturated heterocycles. The summed E-state index contributed by atoms with van der Waals surface area (Å²) in [6.07, 6.45) is 11.3. The summed E-state index contributed by atoms with van der Waals surface area (Å²) < 4.78 is 0. The third-order valence-corrected chi connectivity index (χ3v) is 6.42. The van der Waals surface area contributed by atoms with Gasteiger partial charge < -0.3 is 4.90 Å². The first-order chi connectivity index (χ1) is 13.2. The average molecular weight is 388 g/mol. The minimum Gasteiger partial charge on any atom is -0.342 e. The van der Waals surface area contributed by atoms with Crippen LogP contribution in [0.25, 0.3) is 0 Å². The van der Waals surface area contributed by atoms with Gasteiger partial charge in [0.2, 0.25) is 5.91 Å². The molecule has 0 radical (unpaired) electrons. The first-order valence-corrected chi connectivity index (χ1v) is 10.5.